The van der Waals surface area contributed by atoms with Crippen molar-refractivity contribution in [1.29, 1.82) is 0 Å². The molecule has 0 saturated carbocycles. The highest BCUT2D eigenvalue weighted by Gasteiger charge is 2.11. The zero-order chi connectivity index (χ0) is 15.4. The lowest BCUT2D eigenvalue weighted by Gasteiger charge is -2.14. The van der Waals surface area contributed by atoms with E-state index < -0.39 is 11.2 Å². The number of hydrogen-bond donors (Lipinski definition) is 1. The molecule has 1 N–H and O–H groups in total. The second kappa shape index (κ2) is 6.17. The van der Waals surface area contributed by atoms with E-state index in [1.807, 2.05) is 13.0 Å². The lowest BCUT2D eigenvalue weighted by Crippen LogP contribution is -2.40. The van der Waals surface area contributed by atoms with Crippen molar-refractivity contribution < 1.29 is 4.79 Å². The maximum atomic E-state index is 12.0. The van der Waals surface area contributed by atoms with E-state index in [0.717, 1.165) is 10.1 Å². The smallest absolute Gasteiger partial charge is 0.331 e. The van der Waals surface area contributed by atoms with Gasteiger partial charge in [0.25, 0.3) is 5.56 Å². The molecule has 0 saturated heterocycles. The van der Waals surface area contributed by atoms with Crippen molar-refractivity contribution in [1.82, 2.24) is 19.4 Å². The van der Waals surface area contributed by atoms with E-state index in [4.69, 9.17) is 0 Å². The van der Waals surface area contributed by atoms with Crippen molar-refractivity contribution in [3.8, 4) is 0 Å². The molecule has 0 unspecified atom stereocenters. The van der Waals surface area contributed by atoms with E-state index in [2.05, 4.69) is 10.3 Å². The van der Waals surface area contributed by atoms with Crippen LogP contribution in [-0.4, -0.2) is 20.0 Å². The van der Waals surface area contributed by atoms with Gasteiger partial charge < -0.3 is 5.32 Å². The number of amides is 1. The predicted molar refractivity (Wildman–Crippen MR) is 76.7 cm³/mol. The van der Waals surface area contributed by atoms with E-state index >= 15 is 0 Å². The first-order chi connectivity index (χ1) is 9.99. The lowest BCUT2D eigenvalue weighted by molar-refractivity contribution is -0.122. The van der Waals surface area contributed by atoms with Crippen LogP contribution in [0.5, 0.6) is 0 Å². The average molecular weight is 288 g/mol. The first-order valence-electron chi connectivity index (χ1n) is 6.45. The second-order valence-corrected chi connectivity index (χ2v) is 4.70. The van der Waals surface area contributed by atoms with Gasteiger partial charge in [-0.2, -0.15) is 0 Å². The molecule has 110 valence electrons. The highest BCUT2D eigenvalue weighted by atomic mass is 16.2. The number of hydrogen-bond acceptors (Lipinski definition) is 4. The molecule has 0 aromatic carbocycles. The minimum absolute atomic E-state index is 0.141. The van der Waals surface area contributed by atoms with Gasteiger partial charge in [0.15, 0.2) is 0 Å². The number of nitrogens with one attached hydrogen (secondary N) is 1. The van der Waals surface area contributed by atoms with Crippen molar-refractivity contribution in [2.24, 2.45) is 7.05 Å². The topological polar surface area (TPSA) is 86.0 Å². The van der Waals surface area contributed by atoms with Crippen LogP contribution >= 0.6 is 0 Å². The summed E-state index contributed by atoms with van der Waals surface area (Å²) in [6.07, 6.45) is 4.64. The first-order valence-corrected chi connectivity index (χ1v) is 6.45. The second-order valence-electron chi connectivity index (χ2n) is 4.70. The summed E-state index contributed by atoms with van der Waals surface area (Å²) in [5.41, 5.74) is -0.0503. The van der Waals surface area contributed by atoms with Crippen LogP contribution in [0, 0.1) is 0 Å². The van der Waals surface area contributed by atoms with E-state index in [9.17, 15) is 14.4 Å². The minimum atomic E-state index is -0.522. The summed E-state index contributed by atoms with van der Waals surface area (Å²) in [4.78, 5) is 39.1. The fourth-order valence-corrected chi connectivity index (χ4v) is 1.89. The molecule has 7 nitrogen and oxygen atoms in total. The number of rotatable bonds is 4. The zero-order valence-electron chi connectivity index (χ0n) is 11.8. The number of aromatic nitrogens is 3. The van der Waals surface area contributed by atoms with E-state index in [1.54, 1.807) is 18.5 Å². The van der Waals surface area contributed by atoms with E-state index in [1.165, 1.54) is 23.9 Å². The van der Waals surface area contributed by atoms with Gasteiger partial charge in [0.2, 0.25) is 5.91 Å². The van der Waals surface area contributed by atoms with Crippen molar-refractivity contribution in [3.63, 3.8) is 0 Å². The summed E-state index contributed by atoms with van der Waals surface area (Å²) in [7, 11) is 1.37. The van der Waals surface area contributed by atoms with Gasteiger partial charge in [-0.25, -0.2) is 4.79 Å². The Morgan fingerprint density at radius 1 is 1.38 bits per heavy atom. The van der Waals surface area contributed by atoms with Crippen LogP contribution in [-0.2, 0) is 18.4 Å². The van der Waals surface area contributed by atoms with Crippen molar-refractivity contribution >= 4 is 5.91 Å². The van der Waals surface area contributed by atoms with E-state index in [-0.39, 0.29) is 18.5 Å². The number of pyridine rings is 1. The van der Waals surface area contributed by atoms with Crippen LogP contribution in [0.1, 0.15) is 18.5 Å². The Morgan fingerprint density at radius 2 is 2.14 bits per heavy atom. The summed E-state index contributed by atoms with van der Waals surface area (Å²) in [6.45, 7) is 1.69. The fourth-order valence-electron chi connectivity index (χ4n) is 1.89. The molecule has 2 heterocycles. The molecule has 0 spiro atoms. The Bertz CT molecular complexity index is 749. The molecule has 0 aliphatic rings. The third-order valence-corrected chi connectivity index (χ3v) is 3.14. The van der Waals surface area contributed by atoms with Crippen LogP contribution in [0.2, 0.25) is 0 Å². The summed E-state index contributed by atoms with van der Waals surface area (Å²) < 4.78 is 2.14. The zero-order valence-corrected chi connectivity index (χ0v) is 11.8. The maximum absolute atomic E-state index is 12.0. The Labute approximate surface area is 120 Å². The molecule has 1 atom stereocenters. The first kappa shape index (κ1) is 14.7. The summed E-state index contributed by atoms with van der Waals surface area (Å²) in [5.74, 6) is -0.313. The van der Waals surface area contributed by atoms with Gasteiger partial charge in [-0.05, 0) is 18.6 Å². The third-order valence-electron chi connectivity index (χ3n) is 3.14. The summed E-state index contributed by atoms with van der Waals surface area (Å²) in [6, 6.07) is 4.68. The molecule has 1 amide bonds. The van der Waals surface area contributed by atoms with Gasteiger partial charge in [0, 0.05) is 31.7 Å². The van der Waals surface area contributed by atoms with Crippen molar-refractivity contribution in [2.45, 2.75) is 19.5 Å². The maximum Gasteiger partial charge on any atom is 0.331 e. The normalized spacial score (nSPS) is 11.9. The van der Waals surface area contributed by atoms with Crippen LogP contribution in [0.25, 0.3) is 0 Å². The van der Waals surface area contributed by atoms with Crippen LogP contribution < -0.4 is 16.6 Å². The molecule has 21 heavy (non-hydrogen) atoms. The van der Waals surface area contributed by atoms with Crippen LogP contribution in [0.3, 0.4) is 0 Å². The van der Waals surface area contributed by atoms with Crippen molar-refractivity contribution in [3.05, 3.63) is 63.2 Å². The summed E-state index contributed by atoms with van der Waals surface area (Å²) in [5, 5.41) is 2.78. The number of carbonyl (C=O) groups excluding carboxylic acids is 1. The monoisotopic (exact) mass is 288 g/mol. The number of nitrogens with zero attached hydrogens (tertiary/aromatic N) is 3. The molecule has 2 aromatic heterocycles. The van der Waals surface area contributed by atoms with Gasteiger partial charge in [-0.15, -0.1) is 0 Å². The molecule has 0 aliphatic carbocycles. The van der Waals surface area contributed by atoms with Crippen LogP contribution in [0.4, 0.5) is 0 Å². The molecule has 2 aromatic rings. The molecule has 0 fully saturated rings. The van der Waals surface area contributed by atoms with E-state index in [0.29, 0.717) is 0 Å². The molecule has 0 bridgehead atoms. The lowest BCUT2D eigenvalue weighted by atomic mass is 10.1. The third kappa shape index (κ3) is 3.44. The highest BCUT2D eigenvalue weighted by molar-refractivity contribution is 5.76. The Kier molecular flexibility index (Phi) is 4.32. The molecule has 7 heteroatoms. The fraction of sp³-hybridized carbons (Fsp3) is 0.286. The Balaban J connectivity index is 2.08. The standard InChI is InChI=1S/C14H16N4O3/c1-10(11-4-3-6-15-8-11)16-12(19)9-18-7-5-13(20)17(2)14(18)21/h3-8,10H,9H2,1-2H3,(H,16,19)/t10-/m1/s1. The Morgan fingerprint density at radius 3 is 2.81 bits per heavy atom. The highest BCUT2D eigenvalue weighted by Crippen LogP contribution is 2.09. The number of carbonyl (C=O) groups is 1. The predicted octanol–water partition coefficient (Wildman–Crippen LogP) is -0.181. The quantitative estimate of drug-likeness (QED) is 0.845. The molecule has 0 radical (unpaired) electrons. The van der Waals surface area contributed by atoms with Gasteiger partial charge in [0.1, 0.15) is 6.54 Å². The van der Waals surface area contributed by atoms with Gasteiger partial charge in [-0.3, -0.25) is 23.7 Å². The average Bonchev–Trinajstić information content (AvgIpc) is 2.49. The molecule has 2 rings (SSSR count). The van der Waals surface area contributed by atoms with Crippen LogP contribution in [0.15, 0.2) is 46.4 Å². The van der Waals surface area contributed by atoms with Gasteiger partial charge in [0.05, 0.1) is 6.04 Å². The SMILES string of the molecule is C[C@@H](NC(=O)Cn1ccc(=O)n(C)c1=O)c1cccnc1. The largest absolute Gasteiger partial charge is 0.348 e. The van der Waals surface area contributed by atoms with Crippen molar-refractivity contribution in [2.75, 3.05) is 0 Å². The summed E-state index contributed by atoms with van der Waals surface area (Å²) >= 11 is 0. The van der Waals surface area contributed by atoms with Gasteiger partial charge >= 0.3 is 5.69 Å². The molecular weight excluding hydrogens is 272 g/mol. The van der Waals surface area contributed by atoms with Gasteiger partial charge in [-0.1, -0.05) is 6.07 Å². The Hall–Kier alpha value is -2.70. The molecular formula is C14H16N4O3. The molecule has 0 aliphatic heterocycles. The minimum Gasteiger partial charge on any atom is -0.348 e.